The second-order valence-electron chi connectivity index (χ2n) is 6.86. The Morgan fingerprint density at radius 2 is 2.15 bits per heavy atom. The third-order valence-electron chi connectivity index (χ3n) is 4.71. The molecule has 1 aromatic rings. The molecule has 1 aromatic heterocycles. The van der Waals surface area contributed by atoms with Gasteiger partial charge in [0.2, 0.25) is 5.91 Å². The minimum atomic E-state index is -0.934. The van der Waals surface area contributed by atoms with Crippen LogP contribution in [-0.2, 0) is 16.1 Å². The van der Waals surface area contributed by atoms with E-state index < -0.39 is 5.97 Å². The van der Waals surface area contributed by atoms with Gasteiger partial charge in [-0.1, -0.05) is 26.2 Å². The lowest BCUT2D eigenvalue weighted by Crippen LogP contribution is -2.38. The Balaban J connectivity index is 1.86. The van der Waals surface area contributed by atoms with Crippen molar-refractivity contribution in [2.24, 2.45) is 0 Å². The molecule has 0 bridgehead atoms. The molecule has 6 nitrogen and oxygen atoms in total. The van der Waals surface area contributed by atoms with Crippen LogP contribution in [-0.4, -0.2) is 40.3 Å². The minimum absolute atomic E-state index is 0.0377. The summed E-state index contributed by atoms with van der Waals surface area (Å²) in [6.07, 6.45) is 6.13. The Morgan fingerprint density at radius 3 is 2.77 bits per heavy atom. The highest BCUT2D eigenvalue weighted by Crippen LogP contribution is 2.23. The van der Waals surface area contributed by atoms with E-state index in [-0.39, 0.29) is 24.2 Å². The summed E-state index contributed by atoms with van der Waals surface area (Å²) in [4.78, 5) is 23.7. The second kappa shape index (κ2) is 10.6. The van der Waals surface area contributed by atoms with Gasteiger partial charge in [-0.05, 0) is 37.8 Å². The molecule has 26 heavy (non-hydrogen) atoms. The van der Waals surface area contributed by atoms with Gasteiger partial charge in [0, 0.05) is 11.3 Å². The summed E-state index contributed by atoms with van der Waals surface area (Å²) in [7, 11) is 0. The molecule has 1 aliphatic heterocycles. The molecule has 2 unspecified atom stereocenters. The van der Waals surface area contributed by atoms with Crippen molar-refractivity contribution in [3.05, 3.63) is 21.9 Å². The predicted molar refractivity (Wildman–Crippen MR) is 100 cm³/mol. The van der Waals surface area contributed by atoms with Gasteiger partial charge in [-0.2, -0.15) is 0 Å². The Labute approximate surface area is 158 Å². The number of hydrogen-bond donors (Lipinski definition) is 3. The number of carbonyl (C=O) groups excluding carboxylic acids is 1. The normalized spacial score (nSPS) is 19.3. The molecule has 0 radical (unpaired) electrons. The molecular weight excluding hydrogens is 354 g/mol. The van der Waals surface area contributed by atoms with E-state index in [0.717, 1.165) is 37.0 Å². The first kappa shape index (κ1) is 20.9. The van der Waals surface area contributed by atoms with E-state index in [1.54, 1.807) is 12.1 Å². The lowest BCUT2D eigenvalue weighted by Gasteiger charge is -2.25. The minimum Gasteiger partial charge on any atom is -0.477 e. The molecule has 2 rings (SSSR count). The number of aliphatic hydroxyl groups is 1. The molecular formula is C19H29NO5S. The fourth-order valence-corrected chi connectivity index (χ4v) is 3.98. The number of unbranched alkanes of at least 4 members (excludes halogenated alkanes) is 2. The van der Waals surface area contributed by atoms with E-state index in [4.69, 9.17) is 9.84 Å². The van der Waals surface area contributed by atoms with Crippen molar-refractivity contribution in [1.82, 2.24) is 5.32 Å². The average Bonchev–Trinajstić information content (AvgIpc) is 3.24. The fraction of sp³-hybridized carbons (Fsp3) is 0.684. The standard InChI is InChI=1S/C19H29NO5S/c1-2-3-4-5-13(21)6-9-16(15-8-11-18(22)20-15)25-12-14-7-10-17(26-14)19(23)24/h7,10,13,15-16,21H,2-6,8-9,11-12H2,1H3,(H,20,22)(H,23,24)/t13-,15?,16?/m1/s1. The van der Waals surface area contributed by atoms with E-state index >= 15 is 0 Å². The molecule has 1 aliphatic rings. The van der Waals surface area contributed by atoms with Crippen molar-refractivity contribution < 1.29 is 24.5 Å². The molecule has 7 heteroatoms. The van der Waals surface area contributed by atoms with Gasteiger partial charge in [0.25, 0.3) is 0 Å². The zero-order chi connectivity index (χ0) is 18.9. The van der Waals surface area contributed by atoms with Gasteiger partial charge in [0.1, 0.15) is 4.88 Å². The summed E-state index contributed by atoms with van der Waals surface area (Å²) in [5, 5.41) is 22.1. The molecule has 2 heterocycles. The lowest BCUT2D eigenvalue weighted by atomic mass is 9.99. The van der Waals surface area contributed by atoms with Crippen LogP contribution in [0.3, 0.4) is 0 Å². The summed E-state index contributed by atoms with van der Waals surface area (Å²) < 4.78 is 6.02. The SMILES string of the molecule is CCCCC[C@@H](O)CCC(OCc1ccc(C(=O)O)s1)C1CCC(=O)N1. The highest BCUT2D eigenvalue weighted by atomic mass is 32.1. The Hall–Kier alpha value is -1.44. The maximum absolute atomic E-state index is 11.5. The summed E-state index contributed by atoms with van der Waals surface area (Å²) in [6, 6.07) is 3.30. The monoisotopic (exact) mass is 383 g/mol. The Morgan fingerprint density at radius 1 is 1.35 bits per heavy atom. The van der Waals surface area contributed by atoms with Crippen molar-refractivity contribution in [1.29, 1.82) is 0 Å². The molecule has 0 spiro atoms. The second-order valence-corrected chi connectivity index (χ2v) is 8.03. The number of rotatable bonds is 12. The molecule has 0 aliphatic carbocycles. The Kier molecular flexibility index (Phi) is 8.54. The number of thiophene rings is 1. The van der Waals surface area contributed by atoms with Crippen LogP contribution in [0.5, 0.6) is 0 Å². The van der Waals surface area contributed by atoms with Crippen LogP contribution in [0.25, 0.3) is 0 Å². The number of nitrogens with one attached hydrogen (secondary N) is 1. The molecule has 0 saturated carbocycles. The summed E-state index contributed by atoms with van der Waals surface area (Å²) in [5.74, 6) is -0.896. The molecule has 3 atom stereocenters. The average molecular weight is 384 g/mol. The Bertz CT molecular complexity index is 588. The number of carboxylic acid groups (broad SMARTS) is 1. The van der Waals surface area contributed by atoms with Crippen LogP contribution in [0.1, 0.15) is 72.8 Å². The van der Waals surface area contributed by atoms with Gasteiger partial charge < -0.3 is 20.3 Å². The molecule has 3 N–H and O–H groups in total. The van der Waals surface area contributed by atoms with Crippen LogP contribution >= 0.6 is 11.3 Å². The van der Waals surface area contributed by atoms with Gasteiger partial charge >= 0.3 is 5.97 Å². The van der Waals surface area contributed by atoms with Crippen molar-refractivity contribution >= 4 is 23.2 Å². The lowest BCUT2D eigenvalue weighted by molar-refractivity contribution is -0.120. The van der Waals surface area contributed by atoms with E-state index in [0.29, 0.717) is 30.7 Å². The van der Waals surface area contributed by atoms with Gasteiger partial charge in [0.05, 0.1) is 24.9 Å². The molecule has 146 valence electrons. The van der Waals surface area contributed by atoms with Crippen LogP contribution in [0, 0.1) is 0 Å². The van der Waals surface area contributed by atoms with Crippen LogP contribution in [0.15, 0.2) is 12.1 Å². The van der Waals surface area contributed by atoms with E-state index in [2.05, 4.69) is 12.2 Å². The zero-order valence-corrected chi connectivity index (χ0v) is 16.1. The first-order valence-electron chi connectivity index (χ1n) is 9.40. The highest BCUT2D eigenvalue weighted by molar-refractivity contribution is 7.13. The number of aromatic carboxylic acids is 1. The quantitative estimate of drug-likeness (QED) is 0.481. The number of carbonyl (C=O) groups is 2. The molecule has 0 aromatic carbocycles. The zero-order valence-electron chi connectivity index (χ0n) is 15.3. The first-order chi connectivity index (χ1) is 12.5. The summed E-state index contributed by atoms with van der Waals surface area (Å²) in [6.45, 7) is 2.46. The van der Waals surface area contributed by atoms with Gasteiger partial charge in [-0.25, -0.2) is 4.79 Å². The van der Waals surface area contributed by atoms with Crippen LogP contribution < -0.4 is 5.32 Å². The molecule has 1 fully saturated rings. The highest BCUT2D eigenvalue weighted by Gasteiger charge is 2.30. The number of ether oxygens (including phenoxy) is 1. The van der Waals surface area contributed by atoms with Gasteiger partial charge in [-0.3, -0.25) is 4.79 Å². The smallest absolute Gasteiger partial charge is 0.345 e. The molecule has 1 amide bonds. The van der Waals surface area contributed by atoms with Gasteiger partial charge in [-0.15, -0.1) is 11.3 Å². The van der Waals surface area contributed by atoms with Crippen molar-refractivity contribution in [3.8, 4) is 0 Å². The number of aliphatic hydroxyl groups excluding tert-OH is 1. The maximum Gasteiger partial charge on any atom is 0.345 e. The van der Waals surface area contributed by atoms with Crippen LogP contribution in [0.2, 0.25) is 0 Å². The number of carboxylic acids is 1. The predicted octanol–water partition coefficient (Wildman–Crippen LogP) is 3.33. The third kappa shape index (κ3) is 6.70. The van der Waals surface area contributed by atoms with E-state index in [9.17, 15) is 14.7 Å². The largest absolute Gasteiger partial charge is 0.477 e. The number of hydrogen-bond acceptors (Lipinski definition) is 5. The fourth-order valence-electron chi connectivity index (χ4n) is 3.21. The first-order valence-corrected chi connectivity index (χ1v) is 10.2. The summed E-state index contributed by atoms with van der Waals surface area (Å²) in [5.41, 5.74) is 0. The molecule has 1 saturated heterocycles. The third-order valence-corrected chi connectivity index (χ3v) is 5.76. The van der Waals surface area contributed by atoms with Gasteiger partial charge in [0.15, 0.2) is 0 Å². The van der Waals surface area contributed by atoms with E-state index in [1.807, 2.05) is 0 Å². The van der Waals surface area contributed by atoms with E-state index in [1.165, 1.54) is 11.3 Å². The number of amides is 1. The van der Waals surface area contributed by atoms with Crippen molar-refractivity contribution in [2.75, 3.05) is 0 Å². The van der Waals surface area contributed by atoms with Crippen molar-refractivity contribution in [3.63, 3.8) is 0 Å². The topological polar surface area (TPSA) is 95.9 Å². The van der Waals surface area contributed by atoms with Crippen LogP contribution in [0.4, 0.5) is 0 Å². The summed E-state index contributed by atoms with van der Waals surface area (Å²) >= 11 is 1.20. The van der Waals surface area contributed by atoms with Crippen molar-refractivity contribution in [2.45, 2.75) is 83.1 Å². The maximum atomic E-state index is 11.5.